The highest BCUT2D eigenvalue weighted by Gasteiger charge is 2.32. The van der Waals surface area contributed by atoms with Gasteiger partial charge in [-0.3, -0.25) is 14.5 Å². The topological polar surface area (TPSA) is 64.7 Å². The molecule has 0 radical (unpaired) electrons. The summed E-state index contributed by atoms with van der Waals surface area (Å²) in [7, 11) is 0. The van der Waals surface area contributed by atoms with Crippen molar-refractivity contribution < 1.29 is 27.2 Å². The van der Waals surface area contributed by atoms with Crippen LogP contribution in [0.5, 0.6) is 0 Å². The van der Waals surface area contributed by atoms with Crippen LogP contribution >= 0.6 is 0 Å². The van der Waals surface area contributed by atoms with Gasteiger partial charge in [0, 0.05) is 49.5 Å². The molecule has 0 unspecified atom stereocenters. The largest absolute Gasteiger partial charge is 0.416 e. The van der Waals surface area contributed by atoms with Crippen molar-refractivity contribution in [2.75, 3.05) is 37.6 Å². The first-order valence-electron chi connectivity index (χ1n) is 12.2. The predicted octanol–water partition coefficient (Wildman–Crippen LogP) is 3.82. The van der Waals surface area contributed by atoms with Crippen LogP contribution in [0, 0.1) is 5.82 Å². The summed E-state index contributed by atoms with van der Waals surface area (Å²) >= 11 is 0. The quantitative estimate of drug-likeness (QED) is 0.585. The van der Waals surface area contributed by atoms with Crippen molar-refractivity contribution in [2.24, 2.45) is 0 Å². The summed E-state index contributed by atoms with van der Waals surface area (Å²) in [5, 5.41) is 5.32. The molecule has 0 spiro atoms. The maximum Gasteiger partial charge on any atom is 0.416 e. The second-order valence-corrected chi connectivity index (χ2v) is 9.36. The lowest BCUT2D eigenvalue weighted by atomic mass is 10.1. The number of halogens is 4. The summed E-state index contributed by atoms with van der Waals surface area (Å²) in [6.45, 7) is 3.08. The highest BCUT2D eigenvalue weighted by molar-refractivity contribution is 5.96. The van der Waals surface area contributed by atoms with Gasteiger partial charge in [0.2, 0.25) is 5.91 Å². The Labute approximate surface area is 207 Å². The zero-order chi connectivity index (χ0) is 25.7. The Morgan fingerprint density at radius 3 is 2.50 bits per heavy atom. The minimum Gasteiger partial charge on any atom is -0.371 e. The third-order valence-electron chi connectivity index (χ3n) is 6.85. The van der Waals surface area contributed by atoms with E-state index in [0.717, 1.165) is 69.2 Å². The number of likely N-dealkylation sites (tertiary alicyclic amines) is 1. The molecule has 2 aliphatic heterocycles. The van der Waals surface area contributed by atoms with Crippen molar-refractivity contribution in [1.82, 2.24) is 15.5 Å². The fourth-order valence-electron chi connectivity index (χ4n) is 4.97. The molecule has 2 aromatic rings. The minimum absolute atomic E-state index is 0.0422. The number of amides is 2. The molecule has 0 aromatic heterocycles. The lowest BCUT2D eigenvalue weighted by Gasteiger charge is -2.27. The van der Waals surface area contributed by atoms with Crippen molar-refractivity contribution in [1.29, 1.82) is 0 Å². The molecule has 0 aliphatic carbocycles. The molecule has 2 saturated heterocycles. The van der Waals surface area contributed by atoms with Crippen molar-refractivity contribution in [3.8, 4) is 0 Å². The number of carbonyl (C=O) groups excluding carboxylic acids is 2. The van der Waals surface area contributed by atoms with Crippen LogP contribution in [0.4, 0.5) is 23.2 Å². The highest BCUT2D eigenvalue weighted by Crippen LogP contribution is 2.29. The van der Waals surface area contributed by atoms with Crippen molar-refractivity contribution in [3.05, 3.63) is 65.5 Å². The van der Waals surface area contributed by atoms with E-state index < -0.39 is 17.6 Å². The third kappa shape index (κ3) is 6.75. The number of hydrogen-bond donors (Lipinski definition) is 2. The molecule has 2 atom stereocenters. The Kier molecular flexibility index (Phi) is 8.13. The van der Waals surface area contributed by atoms with Crippen molar-refractivity contribution in [3.63, 3.8) is 0 Å². The van der Waals surface area contributed by atoms with E-state index in [4.69, 9.17) is 0 Å². The predicted molar refractivity (Wildman–Crippen MR) is 128 cm³/mol. The van der Waals surface area contributed by atoms with Crippen LogP contribution in [-0.2, 0) is 11.0 Å². The normalized spacial score (nSPS) is 21.2. The fraction of sp³-hybridized carbons (Fsp3) is 0.462. The first-order chi connectivity index (χ1) is 17.2. The second kappa shape index (κ2) is 11.3. The Morgan fingerprint density at radius 1 is 0.972 bits per heavy atom. The summed E-state index contributed by atoms with van der Waals surface area (Å²) in [6, 6.07) is 11.0. The average molecular weight is 507 g/mol. The van der Waals surface area contributed by atoms with Crippen LogP contribution in [-0.4, -0.2) is 61.5 Å². The maximum absolute atomic E-state index is 13.2. The van der Waals surface area contributed by atoms with Gasteiger partial charge >= 0.3 is 6.18 Å². The van der Waals surface area contributed by atoms with Crippen LogP contribution in [0.1, 0.15) is 41.6 Å². The monoisotopic (exact) mass is 506 g/mol. The van der Waals surface area contributed by atoms with Gasteiger partial charge in [-0.15, -0.1) is 0 Å². The van der Waals surface area contributed by atoms with E-state index in [1.54, 1.807) is 0 Å². The van der Waals surface area contributed by atoms with Gasteiger partial charge in [0.05, 0.1) is 12.1 Å². The summed E-state index contributed by atoms with van der Waals surface area (Å²) in [4.78, 5) is 29.2. The molecule has 10 heteroatoms. The molecule has 2 aliphatic rings. The van der Waals surface area contributed by atoms with E-state index in [1.165, 1.54) is 18.2 Å². The maximum atomic E-state index is 13.2. The third-order valence-corrected chi connectivity index (χ3v) is 6.85. The SMILES string of the molecule is O=C(CNC(=O)c1cccc(C(F)(F)F)c1)N[C@@H]1CCN([C@@H]2CCCN(c3ccc(F)cc3)CC2)C1. The summed E-state index contributed by atoms with van der Waals surface area (Å²) in [6.07, 6.45) is -0.697. The van der Waals surface area contributed by atoms with Crippen LogP contribution in [0.2, 0.25) is 0 Å². The molecule has 2 aromatic carbocycles. The van der Waals surface area contributed by atoms with E-state index in [2.05, 4.69) is 20.4 Å². The Hall–Kier alpha value is -3.14. The number of anilines is 1. The average Bonchev–Trinajstić information content (AvgIpc) is 3.17. The molecule has 0 bridgehead atoms. The molecule has 2 heterocycles. The van der Waals surface area contributed by atoms with Gasteiger partial charge in [-0.2, -0.15) is 13.2 Å². The smallest absolute Gasteiger partial charge is 0.371 e. The van der Waals surface area contributed by atoms with Gasteiger partial charge in [0.25, 0.3) is 5.91 Å². The number of benzene rings is 2. The van der Waals surface area contributed by atoms with Crippen molar-refractivity contribution >= 4 is 17.5 Å². The van der Waals surface area contributed by atoms with Gasteiger partial charge in [-0.05, 0) is 68.1 Å². The summed E-state index contributed by atoms with van der Waals surface area (Å²) < 4.78 is 51.8. The van der Waals surface area contributed by atoms with Gasteiger partial charge < -0.3 is 15.5 Å². The minimum atomic E-state index is -4.54. The molecule has 36 heavy (non-hydrogen) atoms. The number of nitrogens with one attached hydrogen (secondary N) is 2. The number of carbonyl (C=O) groups is 2. The van der Waals surface area contributed by atoms with E-state index in [1.807, 2.05) is 12.1 Å². The second-order valence-electron chi connectivity index (χ2n) is 9.36. The Bertz CT molecular complexity index is 1060. The van der Waals surface area contributed by atoms with Gasteiger partial charge in [0.15, 0.2) is 0 Å². The summed E-state index contributed by atoms with van der Waals surface area (Å²) in [5.41, 5.74) is -0.0338. The van der Waals surface area contributed by atoms with E-state index in [9.17, 15) is 27.2 Å². The van der Waals surface area contributed by atoms with Crippen molar-refractivity contribution in [2.45, 2.75) is 43.9 Å². The molecule has 2 N–H and O–H groups in total. The van der Waals surface area contributed by atoms with E-state index in [0.29, 0.717) is 12.6 Å². The van der Waals surface area contributed by atoms with E-state index in [-0.39, 0.29) is 29.9 Å². The zero-order valence-electron chi connectivity index (χ0n) is 19.9. The lowest BCUT2D eigenvalue weighted by Crippen LogP contribution is -2.44. The molecule has 2 fully saturated rings. The molecule has 4 rings (SSSR count). The Balaban J connectivity index is 1.21. The van der Waals surface area contributed by atoms with Crippen LogP contribution in [0.3, 0.4) is 0 Å². The van der Waals surface area contributed by atoms with E-state index >= 15 is 0 Å². The number of rotatable bonds is 6. The lowest BCUT2D eigenvalue weighted by molar-refractivity contribution is -0.137. The van der Waals surface area contributed by atoms with Gasteiger partial charge in [0.1, 0.15) is 5.82 Å². The zero-order valence-corrected chi connectivity index (χ0v) is 19.9. The molecule has 6 nitrogen and oxygen atoms in total. The Morgan fingerprint density at radius 2 is 1.75 bits per heavy atom. The molecular formula is C26H30F4N4O2. The first kappa shape index (κ1) is 25.9. The van der Waals surface area contributed by atoms with Crippen LogP contribution < -0.4 is 15.5 Å². The highest BCUT2D eigenvalue weighted by atomic mass is 19.4. The fourth-order valence-corrected chi connectivity index (χ4v) is 4.97. The molecular weight excluding hydrogens is 476 g/mol. The number of alkyl halides is 3. The first-order valence-corrected chi connectivity index (χ1v) is 12.2. The standard InChI is InChI=1S/C26H30F4N4O2/c27-20-6-8-23(9-7-20)33-12-2-5-22(11-14-33)34-13-10-21(17-34)32-24(35)16-31-25(36)18-3-1-4-19(15-18)26(28,29)30/h1,3-4,6-9,15,21-22H,2,5,10-14,16-17H2,(H,31,36)(H,32,35)/t21-,22-/m1/s1. The molecule has 2 amide bonds. The van der Waals surface area contributed by atoms with Crippen LogP contribution in [0.25, 0.3) is 0 Å². The van der Waals surface area contributed by atoms with Gasteiger partial charge in [-0.25, -0.2) is 4.39 Å². The molecule has 0 saturated carbocycles. The summed E-state index contributed by atoms with van der Waals surface area (Å²) in [5.74, 6) is -1.34. The van der Waals surface area contributed by atoms with Gasteiger partial charge in [-0.1, -0.05) is 6.07 Å². The number of hydrogen-bond acceptors (Lipinski definition) is 4. The van der Waals surface area contributed by atoms with Crippen LogP contribution in [0.15, 0.2) is 48.5 Å². The molecule has 194 valence electrons. The number of nitrogens with zero attached hydrogens (tertiary/aromatic N) is 2.